The summed E-state index contributed by atoms with van der Waals surface area (Å²) >= 11 is 0. The summed E-state index contributed by atoms with van der Waals surface area (Å²) in [5, 5.41) is 16.7. The number of carbonyl (C=O) groups is 2. The normalized spacial score (nSPS) is 11.9. The Morgan fingerprint density at radius 1 is 0.769 bits per heavy atom. The number of hydrogen-bond acceptors (Lipinski definition) is 9. The van der Waals surface area contributed by atoms with Gasteiger partial charge in [-0.15, -0.1) is 0 Å². The molecule has 0 bridgehead atoms. The van der Waals surface area contributed by atoms with Crippen LogP contribution in [0.4, 0.5) is 0 Å². The maximum atomic E-state index is 10.0. The summed E-state index contributed by atoms with van der Waals surface area (Å²) in [5.41, 5.74) is 2.44. The molecule has 9 nitrogen and oxygen atoms in total. The number of hydrogen-bond donors (Lipinski definition) is 2. The van der Waals surface area contributed by atoms with Crippen LogP contribution in [0.25, 0.3) is 0 Å². The van der Waals surface area contributed by atoms with Gasteiger partial charge >= 0.3 is 0 Å². The van der Waals surface area contributed by atoms with Crippen LogP contribution in [-0.2, 0) is 36.8 Å². The summed E-state index contributed by atoms with van der Waals surface area (Å²) in [6.07, 6.45) is 6.71. The minimum absolute atomic E-state index is 0. The minimum atomic E-state index is -0.125. The van der Waals surface area contributed by atoms with E-state index in [1.807, 2.05) is 6.07 Å². The van der Waals surface area contributed by atoms with Gasteiger partial charge in [0.15, 0.2) is 40.4 Å². The van der Waals surface area contributed by atoms with E-state index in [2.05, 4.69) is 19.9 Å². The highest BCUT2D eigenvalue weighted by molar-refractivity contribution is 5.87. The molecule has 0 aliphatic carbocycles. The van der Waals surface area contributed by atoms with E-state index in [0.717, 1.165) is 43.8 Å². The average Bonchev–Trinajstić information content (AvgIpc) is 3.27. The van der Waals surface area contributed by atoms with Crippen molar-refractivity contribution in [2.75, 3.05) is 39.8 Å². The molecule has 1 aromatic rings. The van der Waals surface area contributed by atoms with Crippen molar-refractivity contribution in [2.45, 2.75) is 73.8 Å². The van der Waals surface area contributed by atoms with Crippen molar-refractivity contribution in [2.24, 2.45) is 0 Å². The number of ether oxygens (including phenoxy) is 5. The fourth-order valence-corrected chi connectivity index (χ4v) is 3.12. The highest BCUT2D eigenvalue weighted by atomic mass is 27.0. The van der Waals surface area contributed by atoms with Gasteiger partial charge in [0.2, 0.25) is 6.79 Å². The van der Waals surface area contributed by atoms with Crippen LogP contribution in [0, 0.1) is 0 Å². The van der Waals surface area contributed by atoms with Gasteiger partial charge in [-0.3, -0.25) is 9.59 Å². The molecule has 0 atom stereocenters. The number of unbranched alkanes of at least 4 members (excludes halogenated alkanes) is 1. The van der Waals surface area contributed by atoms with E-state index >= 15 is 0 Å². The first-order valence-electron chi connectivity index (χ1n) is 13.0. The summed E-state index contributed by atoms with van der Waals surface area (Å²) in [7, 11) is 0. The van der Waals surface area contributed by atoms with Crippen molar-refractivity contribution >= 4 is 28.9 Å². The maximum absolute atomic E-state index is 10.0. The molecule has 0 saturated carbocycles. The number of ketones is 2. The average molecular weight is 569 g/mol. The van der Waals surface area contributed by atoms with Crippen LogP contribution in [0.2, 0.25) is 0 Å². The predicted octanol–water partition coefficient (Wildman–Crippen LogP) is 4.61. The molecule has 2 N–H and O–H groups in total. The second-order valence-electron chi connectivity index (χ2n) is 8.65. The quantitative estimate of drug-likeness (QED) is 0.135. The van der Waals surface area contributed by atoms with E-state index in [4.69, 9.17) is 33.9 Å². The number of allylic oxidation sites excluding steroid dienone is 4. The van der Waals surface area contributed by atoms with Crippen molar-refractivity contribution in [3.05, 3.63) is 46.9 Å². The van der Waals surface area contributed by atoms with E-state index in [1.165, 1.54) is 51.0 Å². The minimum Gasteiger partial charge on any atom is -0.512 e. The van der Waals surface area contributed by atoms with E-state index in [9.17, 15) is 9.59 Å². The Morgan fingerprint density at radius 3 is 1.64 bits per heavy atom. The Kier molecular flexibility index (Phi) is 24.5. The zero-order valence-electron chi connectivity index (χ0n) is 23.8. The van der Waals surface area contributed by atoms with Gasteiger partial charge in [-0.1, -0.05) is 26.7 Å². The number of aliphatic hydroxyl groups excluding tert-OH is 2. The number of benzene rings is 1. The van der Waals surface area contributed by atoms with Crippen LogP contribution in [0.3, 0.4) is 0 Å². The van der Waals surface area contributed by atoms with Crippen LogP contribution in [0.1, 0.15) is 71.9 Å². The molecule has 39 heavy (non-hydrogen) atoms. The van der Waals surface area contributed by atoms with Gasteiger partial charge < -0.3 is 33.9 Å². The molecule has 10 heteroatoms. The Labute approximate surface area is 244 Å². The van der Waals surface area contributed by atoms with Gasteiger partial charge in [-0.05, 0) is 63.8 Å². The summed E-state index contributed by atoms with van der Waals surface area (Å²) in [6, 6.07) is 4.12. The van der Waals surface area contributed by atoms with Gasteiger partial charge in [0.1, 0.15) is 0 Å². The van der Waals surface area contributed by atoms with Crippen molar-refractivity contribution in [3.63, 3.8) is 0 Å². The molecule has 2 rings (SSSR count). The van der Waals surface area contributed by atoms with Crippen LogP contribution in [0.15, 0.2) is 35.8 Å². The van der Waals surface area contributed by atoms with Gasteiger partial charge in [0.05, 0.1) is 44.6 Å². The highest BCUT2D eigenvalue weighted by Gasteiger charge is 2.16. The zero-order chi connectivity index (χ0) is 28.8. The third-order valence-corrected chi connectivity index (χ3v) is 4.68. The lowest BCUT2D eigenvalue weighted by molar-refractivity contribution is -0.113. The Bertz CT molecular complexity index is 846. The summed E-state index contributed by atoms with van der Waals surface area (Å²) in [5.74, 6) is 1.53. The van der Waals surface area contributed by atoms with Crippen molar-refractivity contribution in [1.29, 1.82) is 0 Å². The largest absolute Gasteiger partial charge is 0.512 e. The number of aliphatic hydroxyl groups is 2. The number of fused-ring (bicyclic) bond motifs is 1. The molecule has 1 heterocycles. The fraction of sp³-hybridized carbons (Fsp3) is 0.586. The van der Waals surface area contributed by atoms with E-state index < -0.39 is 0 Å². The fourth-order valence-electron chi connectivity index (χ4n) is 3.12. The second-order valence-corrected chi connectivity index (χ2v) is 8.65. The SMILES string of the molecule is CC(=O)/C=C(/C)O.CC(=O)/C=C(/C)O.CCCCOCCOCCOCc1cc2c(cc1CCC)OCO2.[AlH3]. The maximum Gasteiger partial charge on any atom is 0.231 e. The molecule has 0 radical (unpaired) electrons. The smallest absolute Gasteiger partial charge is 0.231 e. The first-order valence-corrected chi connectivity index (χ1v) is 13.0. The summed E-state index contributed by atoms with van der Waals surface area (Å²) in [6.45, 7) is 14.2. The third-order valence-electron chi connectivity index (χ3n) is 4.68. The van der Waals surface area contributed by atoms with E-state index in [1.54, 1.807) is 0 Å². The molecule has 1 aliphatic heterocycles. The van der Waals surface area contributed by atoms with Gasteiger partial charge in [-0.2, -0.15) is 0 Å². The van der Waals surface area contributed by atoms with Gasteiger partial charge in [-0.25, -0.2) is 0 Å². The molecular formula is C29H49AlO9. The number of aryl methyl sites for hydroxylation is 1. The lowest BCUT2D eigenvalue weighted by Gasteiger charge is -2.11. The molecule has 0 spiro atoms. The van der Waals surface area contributed by atoms with E-state index in [0.29, 0.717) is 39.8 Å². The monoisotopic (exact) mass is 568 g/mol. The van der Waals surface area contributed by atoms with Crippen LogP contribution < -0.4 is 9.47 Å². The molecule has 0 saturated heterocycles. The Hall–Kier alpha value is -2.35. The first-order chi connectivity index (χ1) is 18.1. The summed E-state index contributed by atoms with van der Waals surface area (Å²) < 4.78 is 27.6. The molecule has 222 valence electrons. The van der Waals surface area contributed by atoms with Crippen molar-refractivity contribution < 1.29 is 43.5 Å². The van der Waals surface area contributed by atoms with Crippen molar-refractivity contribution in [3.8, 4) is 11.5 Å². The number of carbonyl (C=O) groups excluding carboxylic acids is 2. The third kappa shape index (κ3) is 22.2. The first kappa shape index (κ1) is 38.8. The van der Waals surface area contributed by atoms with Crippen molar-refractivity contribution in [1.82, 2.24) is 0 Å². The van der Waals surface area contributed by atoms with Gasteiger partial charge in [0, 0.05) is 18.8 Å². The molecular weight excluding hydrogens is 519 g/mol. The van der Waals surface area contributed by atoms with Crippen LogP contribution in [0.5, 0.6) is 11.5 Å². The standard InChI is InChI=1S/C19H30O5.2C5H8O2.Al.3H/c1-3-5-7-20-8-9-21-10-11-22-14-17-13-19-18(23-15-24-19)12-16(17)6-4-2;2*1-4(6)3-5(2)7;;;;/h12-13H,3-11,14-15H2,1-2H3;2*3,6H,1-2H3;;;;/b;2*4-3-;;;;. The van der Waals surface area contributed by atoms with Gasteiger partial charge in [0.25, 0.3) is 0 Å². The highest BCUT2D eigenvalue weighted by Crippen LogP contribution is 2.35. The second kappa shape index (κ2) is 24.7. The lowest BCUT2D eigenvalue weighted by atomic mass is 10.0. The molecule has 1 aromatic carbocycles. The Morgan fingerprint density at radius 2 is 1.23 bits per heavy atom. The van der Waals surface area contributed by atoms with Crippen LogP contribution in [-0.4, -0.2) is 79.0 Å². The van der Waals surface area contributed by atoms with Crippen LogP contribution >= 0.6 is 0 Å². The molecule has 0 aromatic heterocycles. The topological polar surface area (TPSA) is 121 Å². The lowest BCUT2D eigenvalue weighted by Crippen LogP contribution is -2.10. The molecule has 0 fully saturated rings. The Balaban J connectivity index is 0. The zero-order valence-corrected chi connectivity index (χ0v) is 23.8. The van der Waals surface area contributed by atoms with E-state index in [-0.39, 0.29) is 40.4 Å². The summed E-state index contributed by atoms with van der Waals surface area (Å²) in [4.78, 5) is 20.0. The molecule has 0 amide bonds. The number of rotatable bonds is 15. The molecule has 0 unspecified atom stereocenters. The predicted molar refractivity (Wildman–Crippen MR) is 157 cm³/mol. The molecule has 1 aliphatic rings.